The first-order valence-corrected chi connectivity index (χ1v) is 4.46. The summed E-state index contributed by atoms with van der Waals surface area (Å²) in [6, 6.07) is 2.28. The second-order valence-electron chi connectivity index (χ2n) is 2.36. The molecule has 0 aliphatic rings. The highest BCUT2D eigenvalue weighted by molar-refractivity contribution is 14.1. The highest BCUT2D eigenvalue weighted by Crippen LogP contribution is 2.23. The maximum Gasteiger partial charge on any atom is 0.305 e. The van der Waals surface area contributed by atoms with E-state index >= 15 is 0 Å². The molecule has 0 heterocycles. The van der Waals surface area contributed by atoms with E-state index < -0.39 is 16.4 Å². The molecule has 70 valence electrons. The molecule has 0 aliphatic carbocycles. The number of hydrogen-bond acceptors (Lipinski definition) is 3. The Morgan fingerprint density at radius 2 is 2.23 bits per heavy atom. The molecule has 13 heavy (non-hydrogen) atoms. The Morgan fingerprint density at radius 3 is 2.69 bits per heavy atom. The molecule has 0 bridgehead atoms. The van der Waals surface area contributed by atoms with Gasteiger partial charge in [0.25, 0.3) is 0 Å². The van der Waals surface area contributed by atoms with Gasteiger partial charge in [-0.05, 0) is 34.2 Å². The Bertz CT molecular complexity index is 357. The van der Waals surface area contributed by atoms with Gasteiger partial charge >= 0.3 is 5.69 Å². The van der Waals surface area contributed by atoms with E-state index in [-0.39, 0.29) is 6.54 Å². The minimum Gasteiger partial charge on any atom is -0.326 e. The summed E-state index contributed by atoms with van der Waals surface area (Å²) in [6.07, 6.45) is 0. The van der Waals surface area contributed by atoms with Gasteiger partial charge in [-0.2, -0.15) is 4.39 Å². The van der Waals surface area contributed by atoms with Crippen LogP contribution >= 0.6 is 22.6 Å². The number of nitrogens with zero attached hydrogens (tertiary/aromatic N) is 1. The van der Waals surface area contributed by atoms with Crippen LogP contribution in [-0.2, 0) is 6.54 Å². The van der Waals surface area contributed by atoms with Gasteiger partial charge in [-0.1, -0.05) is 0 Å². The van der Waals surface area contributed by atoms with Crippen molar-refractivity contribution < 1.29 is 9.31 Å². The summed E-state index contributed by atoms with van der Waals surface area (Å²) in [5.41, 5.74) is 5.36. The molecule has 0 saturated heterocycles. The SMILES string of the molecule is NCc1cc(F)c([N+](=O)[O-])cc1I. The van der Waals surface area contributed by atoms with Crippen LogP contribution in [-0.4, -0.2) is 4.92 Å². The van der Waals surface area contributed by atoms with Crippen molar-refractivity contribution in [2.75, 3.05) is 0 Å². The van der Waals surface area contributed by atoms with Gasteiger partial charge in [0.15, 0.2) is 0 Å². The quantitative estimate of drug-likeness (QED) is 0.514. The number of nitrogens with two attached hydrogens (primary N) is 1. The number of halogens is 2. The Hall–Kier alpha value is -0.760. The lowest BCUT2D eigenvalue weighted by Gasteiger charge is -2.01. The summed E-state index contributed by atoms with van der Waals surface area (Å²) < 4.78 is 13.6. The highest BCUT2D eigenvalue weighted by atomic mass is 127. The van der Waals surface area contributed by atoms with E-state index in [1.54, 1.807) is 0 Å². The Balaban J connectivity index is 3.28. The van der Waals surface area contributed by atoms with Crippen LogP contribution in [0.5, 0.6) is 0 Å². The van der Waals surface area contributed by atoms with Crippen molar-refractivity contribution in [2.45, 2.75) is 6.54 Å². The second-order valence-corrected chi connectivity index (χ2v) is 3.52. The van der Waals surface area contributed by atoms with E-state index in [0.29, 0.717) is 9.13 Å². The van der Waals surface area contributed by atoms with Crippen molar-refractivity contribution in [2.24, 2.45) is 5.73 Å². The van der Waals surface area contributed by atoms with Gasteiger partial charge in [0.1, 0.15) is 0 Å². The van der Waals surface area contributed by atoms with Crippen LogP contribution in [0.4, 0.5) is 10.1 Å². The maximum atomic E-state index is 13.0. The smallest absolute Gasteiger partial charge is 0.305 e. The first kappa shape index (κ1) is 10.3. The zero-order chi connectivity index (χ0) is 10.0. The topological polar surface area (TPSA) is 69.2 Å². The molecule has 0 aromatic heterocycles. The average Bonchev–Trinajstić information content (AvgIpc) is 2.07. The molecule has 1 aromatic rings. The fourth-order valence-corrected chi connectivity index (χ4v) is 1.54. The normalized spacial score (nSPS) is 10.1. The van der Waals surface area contributed by atoms with Crippen LogP contribution in [0.25, 0.3) is 0 Å². The van der Waals surface area contributed by atoms with Gasteiger partial charge in [0.05, 0.1) is 4.92 Å². The Morgan fingerprint density at radius 1 is 1.62 bits per heavy atom. The maximum absolute atomic E-state index is 13.0. The van der Waals surface area contributed by atoms with Crippen molar-refractivity contribution in [1.82, 2.24) is 0 Å². The van der Waals surface area contributed by atoms with Gasteiger partial charge < -0.3 is 5.73 Å². The minimum absolute atomic E-state index is 0.174. The molecule has 0 unspecified atom stereocenters. The molecule has 1 aromatic carbocycles. The third kappa shape index (κ3) is 2.13. The lowest BCUT2D eigenvalue weighted by molar-refractivity contribution is -0.387. The van der Waals surface area contributed by atoms with Crippen LogP contribution in [0.2, 0.25) is 0 Å². The van der Waals surface area contributed by atoms with Crippen molar-refractivity contribution in [3.05, 3.63) is 37.2 Å². The molecule has 0 saturated carbocycles. The molecule has 4 nitrogen and oxygen atoms in total. The molecule has 0 fully saturated rings. The average molecular weight is 296 g/mol. The van der Waals surface area contributed by atoms with Crippen molar-refractivity contribution >= 4 is 28.3 Å². The summed E-state index contributed by atoms with van der Waals surface area (Å²) in [5.74, 6) is -0.842. The number of rotatable bonds is 2. The number of nitro benzene ring substituents is 1. The lowest BCUT2D eigenvalue weighted by atomic mass is 10.2. The Kier molecular flexibility index (Phi) is 3.15. The Labute approximate surface area is 87.2 Å². The van der Waals surface area contributed by atoms with Crippen molar-refractivity contribution in [3.63, 3.8) is 0 Å². The molecule has 0 spiro atoms. The molecular weight excluding hydrogens is 290 g/mol. The van der Waals surface area contributed by atoms with Gasteiger partial charge in [-0.3, -0.25) is 10.1 Å². The van der Waals surface area contributed by atoms with E-state index in [0.717, 1.165) is 6.07 Å². The van der Waals surface area contributed by atoms with E-state index in [1.165, 1.54) is 6.07 Å². The predicted octanol–water partition coefficient (Wildman–Crippen LogP) is 1.80. The zero-order valence-electron chi connectivity index (χ0n) is 6.46. The van der Waals surface area contributed by atoms with Gasteiger partial charge in [-0.15, -0.1) is 0 Å². The largest absolute Gasteiger partial charge is 0.326 e. The monoisotopic (exact) mass is 296 g/mol. The van der Waals surface area contributed by atoms with Crippen LogP contribution in [0.15, 0.2) is 12.1 Å². The molecule has 0 radical (unpaired) electrons. The standard InChI is InChI=1S/C7H6FIN2O2/c8-5-1-4(3-10)6(9)2-7(5)11(12)13/h1-2H,3,10H2. The number of hydrogen-bond donors (Lipinski definition) is 1. The van der Waals surface area contributed by atoms with Gasteiger partial charge in [-0.25, -0.2) is 0 Å². The summed E-state index contributed by atoms with van der Waals surface area (Å²) >= 11 is 1.88. The fourth-order valence-electron chi connectivity index (χ4n) is 0.874. The van der Waals surface area contributed by atoms with Crippen molar-refractivity contribution in [1.29, 1.82) is 0 Å². The third-order valence-electron chi connectivity index (χ3n) is 1.53. The zero-order valence-corrected chi connectivity index (χ0v) is 8.62. The second kappa shape index (κ2) is 3.97. The minimum atomic E-state index is -0.842. The fraction of sp³-hybridized carbons (Fsp3) is 0.143. The number of benzene rings is 1. The lowest BCUT2D eigenvalue weighted by Crippen LogP contribution is -2.02. The number of nitro groups is 1. The summed E-state index contributed by atoms with van der Waals surface area (Å²) in [4.78, 5) is 9.55. The van der Waals surface area contributed by atoms with Crippen LogP contribution < -0.4 is 5.73 Å². The highest BCUT2D eigenvalue weighted by Gasteiger charge is 2.16. The van der Waals surface area contributed by atoms with E-state index in [4.69, 9.17) is 5.73 Å². The summed E-state index contributed by atoms with van der Waals surface area (Å²) in [5, 5.41) is 10.3. The molecule has 0 amide bonds. The molecule has 2 N–H and O–H groups in total. The summed E-state index contributed by atoms with van der Waals surface area (Å²) in [6.45, 7) is 0.174. The van der Waals surface area contributed by atoms with E-state index in [2.05, 4.69) is 0 Å². The first-order valence-electron chi connectivity index (χ1n) is 3.38. The van der Waals surface area contributed by atoms with Gasteiger partial charge in [0, 0.05) is 16.2 Å². The van der Waals surface area contributed by atoms with Crippen molar-refractivity contribution in [3.8, 4) is 0 Å². The van der Waals surface area contributed by atoms with E-state index in [1.807, 2.05) is 22.6 Å². The summed E-state index contributed by atoms with van der Waals surface area (Å²) in [7, 11) is 0. The molecular formula is C7H6FIN2O2. The first-order chi connectivity index (χ1) is 6.06. The molecule has 6 heteroatoms. The molecule has 0 atom stereocenters. The van der Waals surface area contributed by atoms with E-state index in [9.17, 15) is 14.5 Å². The van der Waals surface area contributed by atoms with Crippen LogP contribution in [0, 0.1) is 19.5 Å². The molecule has 1 rings (SSSR count). The predicted molar refractivity (Wildman–Crippen MR) is 53.7 cm³/mol. The molecule has 0 aliphatic heterocycles. The van der Waals surface area contributed by atoms with Gasteiger partial charge in [0.2, 0.25) is 5.82 Å². The van der Waals surface area contributed by atoms with Crippen LogP contribution in [0.1, 0.15) is 5.56 Å². The third-order valence-corrected chi connectivity index (χ3v) is 2.54. The van der Waals surface area contributed by atoms with Crippen LogP contribution in [0.3, 0.4) is 0 Å².